The number of ether oxygens (including phenoxy) is 4. The van der Waals surface area contributed by atoms with Gasteiger partial charge in [0.15, 0.2) is 20.2 Å². The monoisotopic (exact) mass is 422 g/mol. The average molecular weight is 423 g/mol. The molecule has 2 bridgehead atoms. The van der Waals surface area contributed by atoms with Crippen LogP contribution in [0.3, 0.4) is 0 Å². The largest absolute Gasteiger partial charge is 0.408 e. The lowest BCUT2D eigenvalue weighted by molar-refractivity contribution is -0.211. The highest BCUT2D eigenvalue weighted by molar-refractivity contribution is 6.74. The lowest BCUT2D eigenvalue weighted by Gasteiger charge is -2.42. The van der Waals surface area contributed by atoms with Gasteiger partial charge in [0.25, 0.3) is 0 Å². The van der Waals surface area contributed by atoms with Gasteiger partial charge in [0, 0.05) is 0 Å². The molecule has 7 heteroatoms. The fourth-order valence-corrected chi connectivity index (χ4v) is 5.01. The van der Waals surface area contributed by atoms with E-state index < -0.39 is 20.0 Å². The topological polar surface area (TPSA) is 63.2 Å². The van der Waals surface area contributed by atoms with Gasteiger partial charge in [-0.1, -0.05) is 51.1 Å². The van der Waals surface area contributed by atoms with Crippen molar-refractivity contribution in [1.82, 2.24) is 0 Å². The predicted molar refractivity (Wildman–Crippen MR) is 112 cm³/mol. The lowest BCUT2D eigenvalue weighted by atomic mass is 9.93. The van der Waals surface area contributed by atoms with Crippen molar-refractivity contribution in [2.45, 2.75) is 82.5 Å². The molecule has 2 unspecified atom stereocenters. The van der Waals surface area contributed by atoms with Crippen molar-refractivity contribution in [3.8, 4) is 0 Å². The first kappa shape index (κ1) is 22.6. The van der Waals surface area contributed by atoms with Gasteiger partial charge in [-0.3, -0.25) is 0 Å². The first-order valence-corrected chi connectivity index (χ1v) is 13.2. The third kappa shape index (κ3) is 4.50. The van der Waals surface area contributed by atoms with Crippen molar-refractivity contribution in [3.63, 3.8) is 0 Å². The molecule has 1 aromatic rings. The van der Waals surface area contributed by atoms with Crippen molar-refractivity contribution < 1.29 is 28.2 Å². The van der Waals surface area contributed by atoms with Crippen LogP contribution < -0.4 is 0 Å². The summed E-state index contributed by atoms with van der Waals surface area (Å²) >= 11 is 0. The maximum absolute atomic E-state index is 12.0. The molecule has 2 heterocycles. The SMILES string of the molecule is C[C@@H]1OC2([C@H](C=O)OCOCc3ccccc3)COC1[C@@H]2O[Si](C)(C)C(C)(C)C. The third-order valence-corrected chi connectivity index (χ3v) is 10.9. The van der Waals surface area contributed by atoms with Crippen molar-refractivity contribution in [2.75, 3.05) is 13.4 Å². The molecule has 2 aliphatic rings. The molecule has 0 spiro atoms. The van der Waals surface area contributed by atoms with Crippen LogP contribution in [-0.2, 0) is 34.8 Å². The second kappa shape index (κ2) is 8.57. The molecule has 5 atom stereocenters. The van der Waals surface area contributed by atoms with Crippen molar-refractivity contribution in [2.24, 2.45) is 0 Å². The number of rotatable bonds is 9. The summed E-state index contributed by atoms with van der Waals surface area (Å²) in [6.07, 6.45) is -0.710. The summed E-state index contributed by atoms with van der Waals surface area (Å²) in [5.41, 5.74) is 0.114. The van der Waals surface area contributed by atoms with Crippen LogP contribution in [0.5, 0.6) is 0 Å². The van der Waals surface area contributed by atoms with Gasteiger partial charge in [0.1, 0.15) is 25.1 Å². The van der Waals surface area contributed by atoms with Crippen LogP contribution in [0.2, 0.25) is 18.1 Å². The number of hydrogen-bond donors (Lipinski definition) is 0. The first-order valence-electron chi connectivity index (χ1n) is 10.3. The highest BCUT2D eigenvalue weighted by Gasteiger charge is 2.66. The average Bonchev–Trinajstić information content (AvgIpc) is 3.12. The van der Waals surface area contributed by atoms with Gasteiger partial charge in [-0.2, -0.15) is 0 Å². The Kier molecular flexibility index (Phi) is 6.67. The first-order chi connectivity index (χ1) is 13.6. The molecule has 162 valence electrons. The number of aldehydes is 1. The highest BCUT2D eigenvalue weighted by Crippen LogP contribution is 2.48. The molecule has 0 aliphatic carbocycles. The zero-order valence-electron chi connectivity index (χ0n) is 18.3. The molecule has 0 N–H and O–H groups in total. The fourth-order valence-electron chi connectivity index (χ4n) is 3.69. The quantitative estimate of drug-likeness (QED) is 0.262. The molecule has 1 aromatic carbocycles. The number of fused-ring (bicyclic) bond motifs is 2. The summed E-state index contributed by atoms with van der Waals surface area (Å²) in [5.74, 6) is 0. The van der Waals surface area contributed by atoms with Gasteiger partial charge in [0.2, 0.25) is 0 Å². The molecule has 0 radical (unpaired) electrons. The molecule has 2 saturated heterocycles. The van der Waals surface area contributed by atoms with Crippen LogP contribution in [0, 0.1) is 0 Å². The van der Waals surface area contributed by atoms with E-state index in [1.54, 1.807) is 0 Å². The lowest BCUT2D eigenvalue weighted by Crippen LogP contribution is -2.57. The summed E-state index contributed by atoms with van der Waals surface area (Å²) in [6, 6.07) is 9.84. The maximum Gasteiger partial charge on any atom is 0.192 e. The highest BCUT2D eigenvalue weighted by atomic mass is 28.4. The zero-order valence-corrected chi connectivity index (χ0v) is 19.3. The van der Waals surface area contributed by atoms with E-state index in [9.17, 15) is 4.79 Å². The molecular formula is C22H34O6Si. The molecule has 2 aliphatic heterocycles. The molecule has 0 amide bonds. The van der Waals surface area contributed by atoms with Gasteiger partial charge in [-0.25, -0.2) is 0 Å². The molecule has 0 saturated carbocycles. The summed E-state index contributed by atoms with van der Waals surface area (Å²) in [6.45, 7) is 13.6. The predicted octanol–water partition coefficient (Wildman–Crippen LogP) is 3.69. The molecule has 0 aromatic heterocycles. The summed E-state index contributed by atoms with van der Waals surface area (Å²) in [5, 5.41) is 0.0375. The maximum atomic E-state index is 12.0. The molecular weight excluding hydrogens is 388 g/mol. The molecule has 29 heavy (non-hydrogen) atoms. The Bertz CT molecular complexity index is 688. The van der Waals surface area contributed by atoms with Crippen LogP contribution in [0.25, 0.3) is 0 Å². The van der Waals surface area contributed by atoms with Crippen LogP contribution in [0.15, 0.2) is 30.3 Å². The van der Waals surface area contributed by atoms with Crippen LogP contribution in [0.4, 0.5) is 0 Å². The Labute approximate surface area is 174 Å². The van der Waals surface area contributed by atoms with E-state index in [-0.39, 0.29) is 36.7 Å². The van der Waals surface area contributed by atoms with E-state index in [2.05, 4.69) is 33.9 Å². The van der Waals surface area contributed by atoms with Crippen LogP contribution in [-0.4, -0.2) is 58.0 Å². The minimum atomic E-state index is -2.09. The molecule has 3 rings (SSSR count). The fraction of sp³-hybridized carbons (Fsp3) is 0.682. The number of benzene rings is 1. The van der Waals surface area contributed by atoms with Gasteiger partial charge in [-0.05, 0) is 30.6 Å². The second-order valence-electron chi connectivity index (χ2n) is 9.53. The number of carbonyl (C=O) groups excluding carboxylic acids is 1. The van der Waals surface area contributed by atoms with E-state index in [0.717, 1.165) is 11.8 Å². The van der Waals surface area contributed by atoms with Gasteiger partial charge < -0.3 is 28.2 Å². The van der Waals surface area contributed by atoms with E-state index in [0.29, 0.717) is 6.61 Å². The molecule has 2 fully saturated rings. The number of hydrogen-bond acceptors (Lipinski definition) is 6. The summed E-state index contributed by atoms with van der Waals surface area (Å²) in [7, 11) is -2.09. The Morgan fingerprint density at radius 3 is 2.55 bits per heavy atom. The Morgan fingerprint density at radius 2 is 1.97 bits per heavy atom. The van der Waals surface area contributed by atoms with Crippen LogP contribution in [0.1, 0.15) is 33.3 Å². The van der Waals surface area contributed by atoms with Crippen molar-refractivity contribution in [1.29, 1.82) is 0 Å². The number of carbonyl (C=O) groups is 1. The van der Waals surface area contributed by atoms with Crippen molar-refractivity contribution >= 4 is 14.6 Å². The minimum Gasteiger partial charge on any atom is -0.408 e. The molecule has 6 nitrogen and oxygen atoms in total. The smallest absolute Gasteiger partial charge is 0.192 e. The van der Waals surface area contributed by atoms with E-state index in [4.69, 9.17) is 23.4 Å². The standard InChI is InChI=1S/C22H34O6Si/c1-16-19-20(28-29(5,6)21(2,3)4)22(27-16,14-25-19)18(12-23)26-15-24-13-17-10-8-7-9-11-17/h7-12,16,18-20H,13-15H2,1-6H3/t16-,18-,19?,20-,22?/m0/s1. The van der Waals surface area contributed by atoms with E-state index >= 15 is 0 Å². The zero-order chi connectivity index (χ0) is 21.3. The Morgan fingerprint density at radius 1 is 1.28 bits per heavy atom. The van der Waals surface area contributed by atoms with E-state index in [1.807, 2.05) is 37.3 Å². The van der Waals surface area contributed by atoms with Gasteiger partial charge in [-0.15, -0.1) is 0 Å². The van der Waals surface area contributed by atoms with Crippen LogP contribution >= 0.6 is 0 Å². The summed E-state index contributed by atoms with van der Waals surface area (Å²) in [4.78, 5) is 12.0. The Balaban J connectivity index is 1.68. The Hall–Kier alpha value is -1.09. The van der Waals surface area contributed by atoms with Crippen molar-refractivity contribution in [3.05, 3.63) is 35.9 Å². The van der Waals surface area contributed by atoms with Gasteiger partial charge in [0.05, 0.1) is 19.3 Å². The van der Waals surface area contributed by atoms with E-state index in [1.165, 1.54) is 0 Å². The third-order valence-electron chi connectivity index (χ3n) is 6.42. The summed E-state index contributed by atoms with van der Waals surface area (Å²) < 4.78 is 30.4. The normalized spacial score (nSPS) is 30.5. The minimum absolute atomic E-state index is 0.00469. The second-order valence-corrected chi connectivity index (χ2v) is 14.3. The van der Waals surface area contributed by atoms with Gasteiger partial charge >= 0.3 is 0 Å².